The van der Waals surface area contributed by atoms with Crippen molar-refractivity contribution in [2.75, 3.05) is 11.1 Å². The number of rotatable bonds is 2. The van der Waals surface area contributed by atoms with Gasteiger partial charge in [-0.25, -0.2) is 0 Å². The number of thioether (sulfide) groups is 1. The van der Waals surface area contributed by atoms with Gasteiger partial charge in [-0.05, 0) is 25.5 Å². The van der Waals surface area contributed by atoms with Crippen LogP contribution in [0.25, 0.3) is 0 Å². The second-order valence-electron chi connectivity index (χ2n) is 6.08. The molecule has 0 aromatic heterocycles. The fraction of sp³-hybridized carbons (Fsp3) is 0.467. The van der Waals surface area contributed by atoms with Crippen LogP contribution < -0.4 is 14.8 Å². The van der Waals surface area contributed by atoms with Crippen LogP contribution in [0, 0.1) is 0 Å². The third-order valence-electron chi connectivity index (χ3n) is 4.42. The van der Waals surface area contributed by atoms with Crippen molar-refractivity contribution in [1.82, 2.24) is 4.90 Å². The molecule has 3 aliphatic rings. The van der Waals surface area contributed by atoms with E-state index in [1.807, 2.05) is 6.92 Å². The average molecular weight is 356 g/mol. The summed E-state index contributed by atoms with van der Waals surface area (Å²) in [6.45, 7) is 1.96. The van der Waals surface area contributed by atoms with Crippen molar-refractivity contribution >= 4 is 29.3 Å². The molecular formula is C15H14F2N2O4S. The van der Waals surface area contributed by atoms with Gasteiger partial charge in [-0.2, -0.15) is 0 Å². The maximum Gasteiger partial charge on any atom is 0.586 e. The summed E-state index contributed by atoms with van der Waals surface area (Å²) in [6.07, 6.45) is -2.54. The molecule has 0 bridgehead atoms. The summed E-state index contributed by atoms with van der Waals surface area (Å²) in [5.74, 6) is -0.0889. The van der Waals surface area contributed by atoms with Crippen LogP contribution in [0.5, 0.6) is 11.5 Å². The topological polar surface area (TPSA) is 67.9 Å². The summed E-state index contributed by atoms with van der Waals surface area (Å²) in [6, 6.07) is 3.47. The predicted octanol–water partition coefficient (Wildman–Crippen LogP) is 2.40. The first-order valence-electron chi connectivity index (χ1n) is 7.44. The number of anilines is 1. The molecule has 0 saturated carbocycles. The summed E-state index contributed by atoms with van der Waals surface area (Å²) >= 11 is 1.59. The van der Waals surface area contributed by atoms with Crippen LogP contribution in [0.1, 0.15) is 19.8 Å². The van der Waals surface area contributed by atoms with Gasteiger partial charge in [0.05, 0.1) is 4.87 Å². The van der Waals surface area contributed by atoms with Crippen LogP contribution in [0.4, 0.5) is 14.5 Å². The fourth-order valence-electron chi connectivity index (χ4n) is 3.27. The highest BCUT2D eigenvalue weighted by atomic mass is 32.2. The second-order valence-corrected chi connectivity index (χ2v) is 7.59. The minimum absolute atomic E-state index is 0.0343. The van der Waals surface area contributed by atoms with Gasteiger partial charge in [-0.15, -0.1) is 20.5 Å². The molecule has 4 rings (SSSR count). The van der Waals surface area contributed by atoms with E-state index in [2.05, 4.69) is 14.8 Å². The fourth-order valence-corrected chi connectivity index (χ4v) is 4.70. The number of halogens is 2. The minimum Gasteiger partial charge on any atom is -0.395 e. The highest BCUT2D eigenvalue weighted by Gasteiger charge is 2.53. The maximum atomic E-state index is 13.0. The van der Waals surface area contributed by atoms with E-state index in [0.29, 0.717) is 17.9 Å². The summed E-state index contributed by atoms with van der Waals surface area (Å²) in [5.41, 5.74) is 0.310. The van der Waals surface area contributed by atoms with E-state index in [0.717, 1.165) is 6.42 Å². The van der Waals surface area contributed by atoms with Crippen molar-refractivity contribution in [2.24, 2.45) is 0 Å². The molecule has 2 amide bonds. The van der Waals surface area contributed by atoms with Gasteiger partial charge in [0.25, 0.3) is 0 Å². The van der Waals surface area contributed by atoms with Gasteiger partial charge in [0.15, 0.2) is 11.5 Å². The Morgan fingerprint density at radius 3 is 2.92 bits per heavy atom. The molecule has 24 heavy (non-hydrogen) atoms. The van der Waals surface area contributed by atoms with Crippen molar-refractivity contribution in [3.05, 3.63) is 18.2 Å². The lowest BCUT2D eigenvalue weighted by Crippen LogP contribution is -2.48. The standard InChI is InChI=1S/C15H14F2N2O4S/c1-14-5-4-12(20)19(14)9(7-24-14)13(21)18-8-2-3-10-11(6-8)23-15(16,17)22-10/h2-3,6,9H,4-5,7H2,1H3,(H,18,21)/t9-,14+/m0/s1. The largest absolute Gasteiger partial charge is 0.586 e. The first-order valence-corrected chi connectivity index (χ1v) is 8.43. The summed E-state index contributed by atoms with van der Waals surface area (Å²) < 4.78 is 34.7. The molecule has 2 atom stereocenters. The molecule has 0 unspecified atom stereocenters. The Labute approximate surface area is 140 Å². The predicted molar refractivity (Wildman–Crippen MR) is 82.0 cm³/mol. The SMILES string of the molecule is C[C@@]12CCC(=O)N1[C@H](C(=O)Nc1ccc3c(c1)OC(F)(F)O3)CS2. The lowest BCUT2D eigenvalue weighted by molar-refractivity contribution is -0.286. The molecule has 0 spiro atoms. The van der Waals surface area contributed by atoms with Crippen molar-refractivity contribution in [1.29, 1.82) is 0 Å². The molecule has 1 N–H and O–H groups in total. The van der Waals surface area contributed by atoms with Crippen LogP contribution in [0.3, 0.4) is 0 Å². The molecule has 3 aliphatic heterocycles. The number of benzene rings is 1. The number of alkyl halides is 2. The number of nitrogens with zero attached hydrogens (tertiary/aromatic N) is 1. The van der Waals surface area contributed by atoms with Gasteiger partial charge in [-0.3, -0.25) is 9.59 Å². The van der Waals surface area contributed by atoms with Gasteiger partial charge in [0.1, 0.15) is 6.04 Å². The van der Waals surface area contributed by atoms with Gasteiger partial charge < -0.3 is 19.7 Å². The van der Waals surface area contributed by atoms with Crippen molar-refractivity contribution in [3.63, 3.8) is 0 Å². The number of fused-ring (bicyclic) bond motifs is 2. The first-order chi connectivity index (χ1) is 11.3. The van der Waals surface area contributed by atoms with Gasteiger partial charge in [-0.1, -0.05) is 0 Å². The number of hydrogen-bond donors (Lipinski definition) is 1. The van der Waals surface area contributed by atoms with E-state index in [-0.39, 0.29) is 28.2 Å². The van der Waals surface area contributed by atoms with E-state index in [1.54, 1.807) is 16.7 Å². The molecule has 3 heterocycles. The lowest BCUT2D eigenvalue weighted by Gasteiger charge is -2.29. The number of carbonyl (C=O) groups excluding carboxylic acids is 2. The summed E-state index contributed by atoms with van der Waals surface area (Å²) in [4.78, 5) is 25.9. The molecule has 2 saturated heterocycles. The highest BCUT2D eigenvalue weighted by Crippen LogP contribution is 2.47. The zero-order valence-corrected chi connectivity index (χ0v) is 13.5. The number of ether oxygens (including phenoxy) is 2. The molecule has 9 heteroatoms. The average Bonchev–Trinajstić information content (AvgIpc) is 3.09. The van der Waals surface area contributed by atoms with E-state index in [4.69, 9.17) is 0 Å². The Morgan fingerprint density at radius 1 is 1.38 bits per heavy atom. The minimum atomic E-state index is -3.70. The van der Waals surface area contributed by atoms with Crippen molar-refractivity contribution in [2.45, 2.75) is 37.0 Å². The monoisotopic (exact) mass is 356 g/mol. The smallest absolute Gasteiger partial charge is 0.395 e. The first kappa shape index (κ1) is 15.5. The highest BCUT2D eigenvalue weighted by molar-refractivity contribution is 8.01. The molecule has 2 fully saturated rings. The summed E-state index contributed by atoms with van der Waals surface area (Å²) in [7, 11) is 0. The Kier molecular flexibility index (Phi) is 3.22. The van der Waals surface area contributed by atoms with Crippen LogP contribution in [0.2, 0.25) is 0 Å². The Balaban J connectivity index is 1.51. The maximum absolute atomic E-state index is 13.0. The number of carbonyl (C=O) groups is 2. The van der Waals surface area contributed by atoms with Crippen LogP contribution in [-0.2, 0) is 9.59 Å². The normalized spacial score (nSPS) is 29.7. The van der Waals surface area contributed by atoms with E-state index < -0.39 is 12.3 Å². The summed E-state index contributed by atoms with van der Waals surface area (Å²) in [5, 5.41) is 2.66. The van der Waals surface area contributed by atoms with Gasteiger partial charge in [0, 0.05) is 23.9 Å². The molecule has 1 aromatic rings. The molecule has 0 aliphatic carbocycles. The van der Waals surface area contributed by atoms with Crippen molar-refractivity contribution in [3.8, 4) is 11.5 Å². The van der Waals surface area contributed by atoms with E-state index in [9.17, 15) is 18.4 Å². The van der Waals surface area contributed by atoms with E-state index in [1.165, 1.54) is 18.2 Å². The van der Waals surface area contributed by atoms with Gasteiger partial charge in [0.2, 0.25) is 11.8 Å². The Bertz CT molecular complexity index is 744. The molecule has 0 radical (unpaired) electrons. The number of nitrogens with one attached hydrogen (secondary N) is 1. The quantitative estimate of drug-likeness (QED) is 0.881. The zero-order valence-electron chi connectivity index (χ0n) is 12.7. The molecular weight excluding hydrogens is 342 g/mol. The third-order valence-corrected chi connectivity index (χ3v) is 5.92. The van der Waals surface area contributed by atoms with E-state index >= 15 is 0 Å². The second kappa shape index (κ2) is 4.98. The molecule has 1 aromatic carbocycles. The third kappa shape index (κ3) is 2.38. The van der Waals surface area contributed by atoms with Crippen molar-refractivity contribution < 1.29 is 27.8 Å². The number of amides is 2. The Morgan fingerprint density at radius 2 is 2.12 bits per heavy atom. The van der Waals surface area contributed by atoms with Crippen LogP contribution >= 0.6 is 11.8 Å². The zero-order chi connectivity index (χ0) is 17.1. The molecule has 6 nitrogen and oxygen atoms in total. The molecule has 128 valence electrons. The van der Waals surface area contributed by atoms with Gasteiger partial charge >= 0.3 is 6.29 Å². The Hall–Kier alpha value is -2.03. The van der Waals surface area contributed by atoms with Crippen LogP contribution in [-0.4, -0.2) is 39.7 Å². The van der Waals surface area contributed by atoms with Crippen LogP contribution in [0.15, 0.2) is 18.2 Å². The number of hydrogen-bond acceptors (Lipinski definition) is 5. The lowest BCUT2D eigenvalue weighted by atomic mass is 10.2.